The van der Waals surface area contributed by atoms with Crippen LogP contribution in [0.1, 0.15) is 11.1 Å². The summed E-state index contributed by atoms with van der Waals surface area (Å²) in [4.78, 5) is 25.5. The van der Waals surface area contributed by atoms with E-state index < -0.39 is 28.6 Å². The van der Waals surface area contributed by atoms with Gasteiger partial charge in [-0.1, -0.05) is 0 Å². The molecule has 0 saturated heterocycles. The Labute approximate surface area is 112 Å². The van der Waals surface area contributed by atoms with Crippen molar-refractivity contribution in [3.8, 4) is 6.07 Å². The summed E-state index contributed by atoms with van der Waals surface area (Å²) in [5, 5.41) is 14.4. The SMILES string of the molecule is N#Cc1cc2c(cc1C(F)(F)F)[nH]c(=O)c1n[nH]c(=O)n12. The lowest BCUT2D eigenvalue weighted by Crippen LogP contribution is -2.18. The molecule has 1 aromatic carbocycles. The fraction of sp³-hybridized carbons (Fsp3) is 0.0909. The van der Waals surface area contributed by atoms with E-state index in [0.29, 0.717) is 6.07 Å². The van der Waals surface area contributed by atoms with Crippen LogP contribution >= 0.6 is 0 Å². The van der Waals surface area contributed by atoms with Crippen LogP contribution < -0.4 is 11.2 Å². The van der Waals surface area contributed by atoms with Gasteiger partial charge in [0.05, 0.1) is 28.2 Å². The van der Waals surface area contributed by atoms with Crippen molar-refractivity contribution in [2.24, 2.45) is 0 Å². The zero-order valence-electron chi connectivity index (χ0n) is 9.95. The number of alkyl halides is 3. The Hall–Kier alpha value is -3.09. The van der Waals surface area contributed by atoms with Gasteiger partial charge in [-0.3, -0.25) is 4.79 Å². The maximum Gasteiger partial charge on any atom is 0.417 e. The number of aromatic amines is 2. The van der Waals surface area contributed by atoms with Crippen LogP contribution in [0.25, 0.3) is 16.7 Å². The fourth-order valence-corrected chi connectivity index (χ4v) is 2.05. The predicted molar refractivity (Wildman–Crippen MR) is 63.7 cm³/mol. The third-order valence-corrected chi connectivity index (χ3v) is 2.93. The molecule has 3 aromatic rings. The third kappa shape index (κ3) is 1.78. The Kier molecular flexibility index (Phi) is 2.43. The highest BCUT2D eigenvalue weighted by Crippen LogP contribution is 2.33. The molecule has 0 bridgehead atoms. The van der Waals surface area contributed by atoms with E-state index in [4.69, 9.17) is 5.26 Å². The maximum atomic E-state index is 12.9. The second kappa shape index (κ2) is 3.95. The summed E-state index contributed by atoms with van der Waals surface area (Å²) in [5.74, 6) is 0. The fourth-order valence-electron chi connectivity index (χ4n) is 2.05. The molecule has 106 valence electrons. The molecule has 0 aliphatic heterocycles. The van der Waals surface area contributed by atoms with Gasteiger partial charge in [0.15, 0.2) is 0 Å². The third-order valence-electron chi connectivity index (χ3n) is 2.93. The molecule has 0 aliphatic carbocycles. The molecule has 0 aliphatic rings. The number of hydrogen-bond acceptors (Lipinski definition) is 4. The van der Waals surface area contributed by atoms with Crippen LogP contribution in [0.4, 0.5) is 13.2 Å². The topological polar surface area (TPSA) is 107 Å². The van der Waals surface area contributed by atoms with Crippen LogP contribution in [0.2, 0.25) is 0 Å². The molecule has 21 heavy (non-hydrogen) atoms. The molecule has 2 aromatic heterocycles. The number of H-pyrrole nitrogens is 2. The van der Waals surface area contributed by atoms with Crippen molar-refractivity contribution >= 4 is 16.7 Å². The minimum absolute atomic E-state index is 0.0482. The summed E-state index contributed by atoms with van der Waals surface area (Å²) in [5.41, 5.74) is -4.02. The second-order valence-electron chi connectivity index (χ2n) is 4.17. The highest BCUT2D eigenvalue weighted by Gasteiger charge is 2.34. The van der Waals surface area contributed by atoms with Crippen molar-refractivity contribution in [3.63, 3.8) is 0 Å². The summed E-state index contributed by atoms with van der Waals surface area (Å²) in [6.07, 6.45) is -4.76. The Morgan fingerprint density at radius 1 is 1.29 bits per heavy atom. The number of aromatic nitrogens is 4. The van der Waals surface area contributed by atoms with Crippen LogP contribution in [0.3, 0.4) is 0 Å². The zero-order chi connectivity index (χ0) is 15.4. The van der Waals surface area contributed by atoms with E-state index in [2.05, 4.69) is 10.1 Å². The molecule has 0 unspecified atom stereocenters. The van der Waals surface area contributed by atoms with E-state index in [-0.39, 0.29) is 16.7 Å². The van der Waals surface area contributed by atoms with E-state index in [1.165, 1.54) is 6.07 Å². The molecular weight excluding hydrogens is 291 g/mol. The first kappa shape index (κ1) is 12.9. The van der Waals surface area contributed by atoms with Crippen LogP contribution in [0.15, 0.2) is 21.7 Å². The number of benzene rings is 1. The number of fused-ring (bicyclic) bond motifs is 3. The van der Waals surface area contributed by atoms with Gasteiger partial charge in [0.25, 0.3) is 5.56 Å². The monoisotopic (exact) mass is 295 g/mol. The normalized spacial score (nSPS) is 11.9. The van der Waals surface area contributed by atoms with Crippen LogP contribution in [0, 0.1) is 11.3 Å². The van der Waals surface area contributed by atoms with E-state index >= 15 is 0 Å². The summed E-state index contributed by atoms with van der Waals surface area (Å²) in [7, 11) is 0. The van der Waals surface area contributed by atoms with Gasteiger partial charge in [0, 0.05) is 0 Å². The van der Waals surface area contributed by atoms with Crippen molar-refractivity contribution in [1.29, 1.82) is 5.26 Å². The molecule has 2 N–H and O–H groups in total. The minimum atomic E-state index is -4.76. The van der Waals surface area contributed by atoms with Crippen molar-refractivity contribution in [2.75, 3.05) is 0 Å². The lowest BCUT2D eigenvalue weighted by Gasteiger charge is -2.10. The van der Waals surface area contributed by atoms with E-state index in [1.54, 1.807) is 0 Å². The van der Waals surface area contributed by atoms with Crippen LogP contribution in [-0.2, 0) is 6.18 Å². The van der Waals surface area contributed by atoms with Crippen molar-refractivity contribution in [2.45, 2.75) is 6.18 Å². The van der Waals surface area contributed by atoms with Gasteiger partial charge in [-0.25, -0.2) is 14.3 Å². The van der Waals surface area contributed by atoms with Gasteiger partial charge in [-0.05, 0) is 12.1 Å². The first-order valence-electron chi connectivity index (χ1n) is 5.47. The molecule has 10 heteroatoms. The average molecular weight is 295 g/mol. The number of rotatable bonds is 0. The largest absolute Gasteiger partial charge is 0.417 e. The zero-order valence-corrected chi connectivity index (χ0v) is 9.95. The smallest absolute Gasteiger partial charge is 0.317 e. The van der Waals surface area contributed by atoms with Gasteiger partial charge in [0.1, 0.15) is 0 Å². The van der Waals surface area contributed by atoms with Crippen molar-refractivity contribution < 1.29 is 13.2 Å². The molecule has 0 amide bonds. The minimum Gasteiger partial charge on any atom is -0.317 e. The lowest BCUT2D eigenvalue weighted by molar-refractivity contribution is -0.137. The lowest BCUT2D eigenvalue weighted by atomic mass is 10.1. The first-order valence-corrected chi connectivity index (χ1v) is 5.47. The van der Waals surface area contributed by atoms with Gasteiger partial charge in [-0.15, -0.1) is 5.10 Å². The standard InChI is InChI=1S/C11H4F3N5O2/c12-11(13,14)5-2-6-7(1-4(5)3-15)19-8(9(20)16-6)17-18-10(19)21/h1-2H,(H,16,20)(H,18,21). The summed E-state index contributed by atoms with van der Waals surface area (Å²) in [6, 6.07) is 2.93. The maximum absolute atomic E-state index is 12.9. The van der Waals surface area contributed by atoms with Gasteiger partial charge < -0.3 is 4.98 Å². The number of nitrogens with one attached hydrogen (secondary N) is 2. The summed E-state index contributed by atoms with van der Waals surface area (Å²) >= 11 is 0. The van der Waals surface area contributed by atoms with Crippen molar-refractivity contribution in [1.82, 2.24) is 19.6 Å². The van der Waals surface area contributed by atoms with Crippen LogP contribution in [-0.4, -0.2) is 19.6 Å². The Balaban J connectivity index is 2.59. The van der Waals surface area contributed by atoms with Crippen molar-refractivity contribution in [3.05, 3.63) is 44.1 Å². The molecular formula is C11H4F3N5O2. The molecule has 0 atom stereocenters. The molecule has 0 spiro atoms. The van der Waals surface area contributed by atoms with Gasteiger partial charge in [-0.2, -0.15) is 18.4 Å². The van der Waals surface area contributed by atoms with E-state index in [0.717, 1.165) is 10.5 Å². The average Bonchev–Trinajstić information content (AvgIpc) is 2.80. The number of halogens is 3. The second-order valence-corrected chi connectivity index (χ2v) is 4.17. The number of nitriles is 1. The van der Waals surface area contributed by atoms with E-state index in [1.807, 2.05) is 5.10 Å². The number of nitrogens with zero attached hydrogens (tertiary/aromatic N) is 3. The Bertz CT molecular complexity index is 1030. The predicted octanol–water partition coefficient (Wildman–Crippen LogP) is 0.755. The molecule has 0 radical (unpaired) electrons. The van der Waals surface area contributed by atoms with E-state index in [9.17, 15) is 22.8 Å². The molecule has 7 nitrogen and oxygen atoms in total. The molecule has 0 saturated carbocycles. The van der Waals surface area contributed by atoms with Gasteiger partial charge in [0.2, 0.25) is 5.65 Å². The first-order chi connectivity index (χ1) is 9.82. The molecule has 0 fully saturated rings. The van der Waals surface area contributed by atoms with Crippen LogP contribution in [0.5, 0.6) is 0 Å². The Morgan fingerprint density at radius 2 is 2.00 bits per heavy atom. The quantitative estimate of drug-likeness (QED) is 0.638. The summed E-state index contributed by atoms with van der Waals surface area (Å²) < 4.78 is 39.4. The highest BCUT2D eigenvalue weighted by atomic mass is 19.4. The van der Waals surface area contributed by atoms with Gasteiger partial charge >= 0.3 is 11.9 Å². The number of hydrogen-bond donors (Lipinski definition) is 2. The summed E-state index contributed by atoms with van der Waals surface area (Å²) in [6.45, 7) is 0. The molecule has 3 rings (SSSR count). The molecule has 2 heterocycles. The highest BCUT2D eigenvalue weighted by molar-refractivity contribution is 5.80. The Morgan fingerprint density at radius 3 is 2.62 bits per heavy atom.